The van der Waals surface area contributed by atoms with Gasteiger partial charge in [-0.15, -0.1) is 0 Å². The van der Waals surface area contributed by atoms with Gasteiger partial charge < -0.3 is 10.6 Å². The lowest BCUT2D eigenvalue weighted by molar-refractivity contribution is -0.122. The number of amides is 1. The first-order valence-corrected chi connectivity index (χ1v) is 9.54. The fraction of sp³-hybridized carbons (Fsp3) is 0.929. The van der Waals surface area contributed by atoms with Crippen LogP contribution in [0.25, 0.3) is 0 Å². The topological polar surface area (TPSA) is 87.3 Å². The van der Waals surface area contributed by atoms with Gasteiger partial charge in [0.25, 0.3) is 0 Å². The minimum atomic E-state index is -3.27. The smallest absolute Gasteiger partial charge is 0.220 e. The highest BCUT2D eigenvalue weighted by Crippen LogP contribution is 2.32. The maximum atomic E-state index is 12.0. The molecule has 0 aromatic heterocycles. The van der Waals surface area contributed by atoms with E-state index in [4.69, 9.17) is 0 Å². The molecule has 0 radical (unpaired) electrons. The summed E-state index contributed by atoms with van der Waals surface area (Å²) in [5.41, 5.74) is -0.670. The summed E-state index contributed by atoms with van der Waals surface area (Å²) in [6.45, 7) is 3.83. The van der Waals surface area contributed by atoms with Crippen LogP contribution in [-0.2, 0) is 14.8 Å². The molecule has 122 valence electrons. The summed E-state index contributed by atoms with van der Waals surface area (Å²) in [6.07, 6.45) is 6.29. The number of piperidine rings is 1. The molecule has 2 saturated heterocycles. The van der Waals surface area contributed by atoms with Crippen molar-refractivity contribution in [3.05, 3.63) is 0 Å². The number of hydrogen-bond acceptors (Lipinski definition) is 4. The number of sulfonamides is 1. The summed E-state index contributed by atoms with van der Waals surface area (Å²) in [5, 5.41) is 6.42. The van der Waals surface area contributed by atoms with Crippen LogP contribution in [0.5, 0.6) is 0 Å². The van der Waals surface area contributed by atoms with Crippen LogP contribution in [0.4, 0.5) is 0 Å². The number of fused-ring (bicyclic) bond motifs is 2. The molecule has 2 atom stereocenters. The number of carbonyl (C=O) groups excluding carboxylic acids is 1. The predicted molar refractivity (Wildman–Crippen MR) is 82.4 cm³/mol. The SMILES string of the molecule is CC(C)(CNC(=O)CC1CC2CCC(C1)N2)NS(C)(=O)=O. The Morgan fingerprint density at radius 1 is 1.24 bits per heavy atom. The fourth-order valence-electron chi connectivity index (χ4n) is 3.53. The van der Waals surface area contributed by atoms with Gasteiger partial charge >= 0.3 is 0 Å². The summed E-state index contributed by atoms with van der Waals surface area (Å²) in [7, 11) is -3.27. The van der Waals surface area contributed by atoms with Crippen molar-refractivity contribution in [2.75, 3.05) is 12.8 Å². The number of carbonyl (C=O) groups is 1. The van der Waals surface area contributed by atoms with E-state index in [0.29, 0.717) is 31.0 Å². The molecule has 0 aromatic carbocycles. The van der Waals surface area contributed by atoms with E-state index in [1.165, 1.54) is 12.8 Å². The van der Waals surface area contributed by atoms with Crippen molar-refractivity contribution in [2.45, 2.75) is 63.6 Å². The van der Waals surface area contributed by atoms with Gasteiger partial charge in [0.15, 0.2) is 0 Å². The summed E-state index contributed by atoms with van der Waals surface area (Å²) in [6, 6.07) is 1.18. The van der Waals surface area contributed by atoms with Crippen molar-refractivity contribution in [3.8, 4) is 0 Å². The summed E-state index contributed by atoms with van der Waals surface area (Å²) in [4.78, 5) is 12.0. The minimum absolute atomic E-state index is 0.0182. The molecule has 0 aromatic rings. The highest BCUT2D eigenvalue weighted by atomic mass is 32.2. The number of rotatable bonds is 6. The Hall–Kier alpha value is -0.660. The van der Waals surface area contributed by atoms with E-state index < -0.39 is 15.6 Å². The molecule has 2 aliphatic heterocycles. The second kappa shape index (κ2) is 6.22. The van der Waals surface area contributed by atoms with Crippen LogP contribution in [0.2, 0.25) is 0 Å². The van der Waals surface area contributed by atoms with Gasteiger partial charge in [0, 0.05) is 30.6 Å². The minimum Gasteiger partial charge on any atom is -0.354 e. The third-order valence-electron chi connectivity index (χ3n) is 4.23. The van der Waals surface area contributed by atoms with Gasteiger partial charge in [-0.3, -0.25) is 4.79 Å². The Bertz CT molecular complexity index is 478. The monoisotopic (exact) mass is 317 g/mol. The Kier molecular flexibility index (Phi) is 4.95. The predicted octanol–water partition coefficient (Wildman–Crippen LogP) is 0.351. The lowest BCUT2D eigenvalue weighted by Crippen LogP contribution is -2.51. The third kappa shape index (κ3) is 5.56. The zero-order valence-electron chi connectivity index (χ0n) is 13.1. The van der Waals surface area contributed by atoms with Crippen molar-refractivity contribution < 1.29 is 13.2 Å². The first-order valence-electron chi connectivity index (χ1n) is 7.65. The zero-order chi connectivity index (χ0) is 15.7. The molecular weight excluding hydrogens is 290 g/mol. The maximum Gasteiger partial charge on any atom is 0.220 e. The zero-order valence-corrected chi connectivity index (χ0v) is 13.9. The fourth-order valence-corrected chi connectivity index (χ4v) is 4.61. The van der Waals surface area contributed by atoms with Gasteiger partial charge in [0.05, 0.1) is 6.26 Å². The van der Waals surface area contributed by atoms with E-state index in [0.717, 1.165) is 19.1 Å². The molecule has 21 heavy (non-hydrogen) atoms. The quantitative estimate of drug-likeness (QED) is 0.660. The van der Waals surface area contributed by atoms with Gasteiger partial charge in [0.2, 0.25) is 15.9 Å². The molecule has 3 N–H and O–H groups in total. The third-order valence-corrected chi connectivity index (χ3v) is 5.16. The molecule has 0 spiro atoms. The van der Waals surface area contributed by atoms with Crippen LogP contribution < -0.4 is 15.4 Å². The summed E-state index contributed by atoms with van der Waals surface area (Å²) < 4.78 is 25.0. The largest absolute Gasteiger partial charge is 0.354 e. The molecule has 2 bridgehead atoms. The van der Waals surface area contributed by atoms with E-state index in [-0.39, 0.29) is 5.91 Å². The van der Waals surface area contributed by atoms with Crippen molar-refractivity contribution in [1.29, 1.82) is 0 Å². The lowest BCUT2D eigenvalue weighted by Gasteiger charge is -2.29. The second-order valence-corrected chi connectivity index (χ2v) is 8.96. The van der Waals surface area contributed by atoms with Crippen LogP contribution in [0.3, 0.4) is 0 Å². The summed E-state index contributed by atoms with van der Waals surface area (Å²) >= 11 is 0. The van der Waals surface area contributed by atoms with Crippen LogP contribution >= 0.6 is 0 Å². The van der Waals surface area contributed by atoms with E-state index in [9.17, 15) is 13.2 Å². The molecular formula is C14H27N3O3S. The van der Waals surface area contributed by atoms with Gasteiger partial charge in [0.1, 0.15) is 0 Å². The van der Waals surface area contributed by atoms with Crippen molar-refractivity contribution >= 4 is 15.9 Å². The van der Waals surface area contributed by atoms with Crippen molar-refractivity contribution in [2.24, 2.45) is 5.92 Å². The standard InChI is InChI=1S/C14H27N3O3S/c1-14(2,17-21(3,19)20)9-15-13(18)8-10-6-11-4-5-12(7-10)16-11/h10-12,16-17H,4-9H2,1-3H3,(H,15,18). The van der Waals surface area contributed by atoms with E-state index in [1.807, 2.05) is 0 Å². The number of hydrogen-bond donors (Lipinski definition) is 3. The molecule has 2 rings (SSSR count). The summed E-state index contributed by atoms with van der Waals surface area (Å²) in [5.74, 6) is 0.472. The van der Waals surface area contributed by atoms with E-state index in [1.54, 1.807) is 13.8 Å². The Morgan fingerprint density at radius 3 is 2.33 bits per heavy atom. The van der Waals surface area contributed by atoms with Gasteiger partial charge in [-0.2, -0.15) is 0 Å². The molecule has 7 heteroatoms. The first kappa shape index (κ1) is 16.7. The van der Waals surface area contributed by atoms with Crippen LogP contribution in [0.15, 0.2) is 0 Å². The molecule has 2 unspecified atom stereocenters. The lowest BCUT2D eigenvalue weighted by atomic mass is 9.89. The highest BCUT2D eigenvalue weighted by molar-refractivity contribution is 7.88. The molecule has 2 heterocycles. The van der Waals surface area contributed by atoms with Gasteiger partial charge in [-0.25, -0.2) is 13.1 Å². The van der Waals surface area contributed by atoms with Crippen molar-refractivity contribution in [3.63, 3.8) is 0 Å². The average molecular weight is 317 g/mol. The Labute approximate surface area is 127 Å². The highest BCUT2D eigenvalue weighted by Gasteiger charge is 2.34. The van der Waals surface area contributed by atoms with Crippen LogP contribution in [0, 0.1) is 5.92 Å². The van der Waals surface area contributed by atoms with E-state index in [2.05, 4.69) is 15.4 Å². The van der Waals surface area contributed by atoms with Gasteiger partial charge in [-0.1, -0.05) is 0 Å². The maximum absolute atomic E-state index is 12.0. The second-order valence-electron chi connectivity index (χ2n) is 7.21. The normalized spacial score (nSPS) is 29.4. The number of nitrogens with one attached hydrogen (secondary N) is 3. The molecule has 1 amide bonds. The molecule has 0 aliphatic carbocycles. The Balaban J connectivity index is 1.74. The van der Waals surface area contributed by atoms with Crippen LogP contribution in [0.1, 0.15) is 46.0 Å². The average Bonchev–Trinajstić information content (AvgIpc) is 2.63. The Morgan fingerprint density at radius 2 is 1.81 bits per heavy atom. The molecule has 0 saturated carbocycles. The van der Waals surface area contributed by atoms with E-state index >= 15 is 0 Å². The molecule has 6 nitrogen and oxygen atoms in total. The molecule has 2 fully saturated rings. The first-order chi connectivity index (χ1) is 9.63. The van der Waals surface area contributed by atoms with Crippen molar-refractivity contribution in [1.82, 2.24) is 15.4 Å². The molecule has 2 aliphatic rings. The van der Waals surface area contributed by atoms with Gasteiger partial charge in [-0.05, 0) is 45.4 Å². The van der Waals surface area contributed by atoms with Crippen LogP contribution in [-0.4, -0.2) is 44.7 Å².